The molecule has 1 N–H and O–H groups in total. The van der Waals surface area contributed by atoms with Crippen LogP contribution >= 0.6 is 23.8 Å². The summed E-state index contributed by atoms with van der Waals surface area (Å²) < 4.78 is 5.56. The molecule has 1 saturated heterocycles. The normalized spacial score (nSPS) is 18.2. The molecule has 0 radical (unpaired) electrons. The first-order valence-electron chi connectivity index (χ1n) is 12.0. The average Bonchev–Trinajstić information content (AvgIpc) is 2.80. The van der Waals surface area contributed by atoms with Crippen molar-refractivity contribution < 1.29 is 14.3 Å². The molecule has 2 aliphatic heterocycles. The summed E-state index contributed by atoms with van der Waals surface area (Å²) in [5.74, 6) is -0.475. The number of anilines is 2. The molecule has 0 saturated carbocycles. The Hall–Kier alpha value is -3.16. The number of benzene rings is 2. The second-order valence-corrected chi connectivity index (χ2v) is 10.2. The minimum atomic E-state index is -0.558. The maximum absolute atomic E-state index is 13.5. The minimum Gasteiger partial charge on any atom is -0.494 e. The number of hydrogen-bond acceptors (Lipinski definition) is 5. The smallest absolute Gasteiger partial charge is 0.270 e. The first-order chi connectivity index (χ1) is 17.1. The highest BCUT2D eigenvalue weighted by Crippen LogP contribution is 2.42. The molecule has 8 heteroatoms. The van der Waals surface area contributed by atoms with Crippen molar-refractivity contribution in [3.63, 3.8) is 0 Å². The zero-order valence-electron chi connectivity index (χ0n) is 21.1. The third-order valence-electron chi connectivity index (χ3n) is 6.33. The topological polar surface area (TPSA) is 61.9 Å². The molecule has 0 aliphatic carbocycles. The highest BCUT2D eigenvalue weighted by Gasteiger charge is 2.35. The van der Waals surface area contributed by atoms with E-state index < -0.39 is 11.8 Å². The molecular formula is C28H30ClN3O3S. The predicted molar refractivity (Wildman–Crippen MR) is 151 cm³/mol. The molecule has 6 nitrogen and oxygen atoms in total. The van der Waals surface area contributed by atoms with Crippen LogP contribution in [0.1, 0.15) is 52.2 Å². The Bertz CT molecular complexity index is 1320. The quantitative estimate of drug-likeness (QED) is 0.286. The van der Waals surface area contributed by atoms with E-state index in [1.807, 2.05) is 19.1 Å². The molecule has 0 spiro atoms. The Labute approximate surface area is 222 Å². The summed E-state index contributed by atoms with van der Waals surface area (Å²) in [6, 6.07) is 10.9. The van der Waals surface area contributed by atoms with E-state index >= 15 is 0 Å². The van der Waals surface area contributed by atoms with E-state index in [0.29, 0.717) is 28.6 Å². The Balaban J connectivity index is 1.77. The molecular weight excluding hydrogens is 494 g/mol. The van der Waals surface area contributed by atoms with Crippen molar-refractivity contribution >= 4 is 63.8 Å². The van der Waals surface area contributed by atoms with Crippen LogP contribution in [0.5, 0.6) is 5.75 Å². The van der Waals surface area contributed by atoms with E-state index in [-0.39, 0.29) is 16.2 Å². The zero-order valence-corrected chi connectivity index (χ0v) is 22.7. The highest BCUT2D eigenvalue weighted by molar-refractivity contribution is 7.80. The van der Waals surface area contributed by atoms with Gasteiger partial charge in [-0.05, 0) is 87.8 Å². The van der Waals surface area contributed by atoms with Crippen LogP contribution < -0.4 is 19.9 Å². The molecule has 1 fully saturated rings. The van der Waals surface area contributed by atoms with Crippen LogP contribution in [-0.2, 0) is 9.59 Å². The van der Waals surface area contributed by atoms with Crippen molar-refractivity contribution in [1.29, 1.82) is 0 Å². The van der Waals surface area contributed by atoms with Gasteiger partial charge in [-0.3, -0.25) is 19.8 Å². The summed E-state index contributed by atoms with van der Waals surface area (Å²) >= 11 is 12.1. The van der Waals surface area contributed by atoms with E-state index in [4.69, 9.17) is 28.6 Å². The number of carbonyl (C=O) groups is 2. The van der Waals surface area contributed by atoms with Gasteiger partial charge in [-0.1, -0.05) is 30.7 Å². The summed E-state index contributed by atoms with van der Waals surface area (Å²) in [6.07, 6.45) is 4.77. The predicted octanol–water partition coefficient (Wildman–Crippen LogP) is 5.98. The van der Waals surface area contributed by atoms with Gasteiger partial charge in [0.1, 0.15) is 11.3 Å². The Morgan fingerprint density at radius 2 is 1.92 bits per heavy atom. The number of ether oxygens (including phenoxy) is 1. The lowest BCUT2D eigenvalue weighted by Crippen LogP contribution is -2.54. The number of nitrogens with one attached hydrogen (secondary N) is 1. The number of nitrogens with zero attached hydrogens (tertiary/aromatic N) is 2. The first-order valence-corrected chi connectivity index (χ1v) is 12.8. The minimum absolute atomic E-state index is 0.0172. The van der Waals surface area contributed by atoms with Crippen LogP contribution in [0.4, 0.5) is 11.4 Å². The summed E-state index contributed by atoms with van der Waals surface area (Å²) in [5, 5.41) is 3.11. The molecule has 0 unspecified atom stereocenters. The van der Waals surface area contributed by atoms with Gasteiger partial charge in [0.25, 0.3) is 11.8 Å². The van der Waals surface area contributed by atoms with Crippen LogP contribution in [0.15, 0.2) is 48.0 Å². The number of allylic oxidation sites excluding steroid dienone is 1. The Kier molecular flexibility index (Phi) is 7.25. The van der Waals surface area contributed by atoms with Crippen molar-refractivity contribution in [2.24, 2.45) is 0 Å². The van der Waals surface area contributed by atoms with Crippen molar-refractivity contribution in [3.05, 3.63) is 64.2 Å². The van der Waals surface area contributed by atoms with Gasteiger partial charge in [0.05, 0.1) is 17.8 Å². The number of amides is 2. The van der Waals surface area contributed by atoms with E-state index in [2.05, 4.69) is 44.0 Å². The summed E-state index contributed by atoms with van der Waals surface area (Å²) in [5.41, 5.74) is 4.10. The summed E-state index contributed by atoms with van der Waals surface area (Å²) in [6.45, 7) is 11.8. The second kappa shape index (κ2) is 10.1. The SMILES string of the molecule is CCCN1c2cc(Cl)c(/C=C3/C(=O)NC(=S)N(c4cccc(OCC)c4)C3=O)cc2C(C)=CC1(C)C. The van der Waals surface area contributed by atoms with Crippen molar-refractivity contribution in [1.82, 2.24) is 5.32 Å². The monoisotopic (exact) mass is 523 g/mol. The molecule has 0 aromatic heterocycles. The summed E-state index contributed by atoms with van der Waals surface area (Å²) in [4.78, 5) is 30.0. The third-order valence-corrected chi connectivity index (χ3v) is 6.94. The number of carbonyl (C=O) groups excluding carboxylic acids is 2. The maximum atomic E-state index is 13.5. The lowest BCUT2D eigenvalue weighted by molar-refractivity contribution is -0.122. The van der Waals surface area contributed by atoms with Gasteiger partial charge in [-0.15, -0.1) is 0 Å². The zero-order chi connectivity index (χ0) is 26.2. The van der Waals surface area contributed by atoms with E-state index in [9.17, 15) is 9.59 Å². The van der Waals surface area contributed by atoms with Gasteiger partial charge in [0.15, 0.2) is 5.11 Å². The fourth-order valence-corrected chi connectivity index (χ4v) is 5.28. The molecule has 2 aliphatic rings. The van der Waals surface area contributed by atoms with Crippen LogP contribution in [-0.4, -0.2) is 35.6 Å². The van der Waals surface area contributed by atoms with Crippen molar-refractivity contribution in [2.45, 2.75) is 46.6 Å². The van der Waals surface area contributed by atoms with Gasteiger partial charge in [-0.25, -0.2) is 0 Å². The summed E-state index contributed by atoms with van der Waals surface area (Å²) in [7, 11) is 0. The van der Waals surface area contributed by atoms with E-state index in [1.54, 1.807) is 30.3 Å². The van der Waals surface area contributed by atoms with E-state index in [1.165, 1.54) is 4.90 Å². The maximum Gasteiger partial charge on any atom is 0.270 e. The van der Waals surface area contributed by atoms with Crippen LogP contribution in [0.25, 0.3) is 11.6 Å². The molecule has 36 heavy (non-hydrogen) atoms. The van der Waals surface area contributed by atoms with Crippen LogP contribution in [0.3, 0.4) is 0 Å². The highest BCUT2D eigenvalue weighted by atomic mass is 35.5. The molecule has 2 heterocycles. The Morgan fingerprint density at radius 3 is 2.61 bits per heavy atom. The van der Waals surface area contributed by atoms with Gasteiger partial charge >= 0.3 is 0 Å². The van der Waals surface area contributed by atoms with Gasteiger partial charge in [-0.2, -0.15) is 0 Å². The lowest BCUT2D eigenvalue weighted by Gasteiger charge is -2.43. The number of halogens is 1. The lowest BCUT2D eigenvalue weighted by atomic mass is 9.87. The standard InChI is InChI=1S/C28H30ClN3O3S/c1-6-11-31-24-15-23(29)18(12-21(24)17(3)16-28(31,4)5)13-22-25(33)30-27(36)32(26(22)34)19-9-8-10-20(14-19)35-7-2/h8-10,12-16H,6-7,11H2,1-5H3,(H,30,33,36)/b22-13-. The first kappa shape index (κ1) is 25.9. The molecule has 4 rings (SSSR count). The van der Waals surface area contributed by atoms with Crippen LogP contribution in [0.2, 0.25) is 5.02 Å². The number of hydrogen-bond donors (Lipinski definition) is 1. The van der Waals surface area contributed by atoms with Crippen LogP contribution in [0, 0.1) is 0 Å². The fourth-order valence-electron chi connectivity index (χ4n) is 4.78. The second-order valence-electron chi connectivity index (χ2n) is 9.41. The van der Waals surface area contributed by atoms with Gasteiger partial charge in [0, 0.05) is 28.9 Å². The van der Waals surface area contributed by atoms with Gasteiger partial charge in [0.2, 0.25) is 0 Å². The largest absolute Gasteiger partial charge is 0.494 e. The molecule has 0 atom stereocenters. The molecule has 188 valence electrons. The number of thiocarbonyl (C=S) groups is 1. The third kappa shape index (κ3) is 4.77. The average molecular weight is 524 g/mol. The van der Waals surface area contributed by atoms with Crippen molar-refractivity contribution in [2.75, 3.05) is 23.0 Å². The van der Waals surface area contributed by atoms with Crippen molar-refractivity contribution in [3.8, 4) is 5.75 Å². The Morgan fingerprint density at radius 1 is 1.17 bits per heavy atom. The number of rotatable bonds is 6. The van der Waals surface area contributed by atoms with E-state index in [0.717, 1.165) is 29.8 Å². The van der Waals surface area contributed by atoms with Gasteiger partial charge < -0.3 is 9.64 Å². The molecule has 0 bridgehead atoms. The molecule has 2 aromatic carbocycles. The number of fused-ring (bicyclic) bond motifs is 1. The molecule has 2 amide bonds. The molecule has 2 aromatic rings. The fraction of sp³-hybridized carbons (Fsp3) is 0.321.